The molecule has 2 aromatic heterocycles. The van der Waals surface area contributed by atoms with Crippen molar-refractivity contribution in [1.29, 1.82) is 0 Å². The van der Waals surface area contributed by atoms with Crippen molar-refractivity contribution in [1.82, 2.24) is 14.9 Å². The van der Waals surface area contributed by atoms with Gasteiger partial charge in [0.05, 0.1) is 28.3 Å². The molecule has 2 aromatic rings. The smallest absolute Gasteiger partial charge is 0.412 e. The molecule has 2 aliphatic heterocycles. The van der Waals surface area contributed by atoms with Crippen LogP contribution < -0.4 is 4.90 Å². The number of piperidine rings is 1. The van der Waals surface area contributed by atoms with Gasteiger partial charge in [-0.1, -0.05) is 0 Å². The van der Waals surface area contributed by atoms with Crippen molar-refractivity contribution >= 4 is 45.1 Å². The van der Waals surface area contributed by atoms with E-state index in [1.165, 1.54) is 11.3 Å². The fourth-order valence-electron chi connectivity index (χ4n) is 3.32. The number of fused-ring (bicyclic) bond motifs is 1. The summed E-state index contributed by atoms with van der Waals surface area (Å²) in [6.07, 6.45) is 1.22. The summed E-state index contributed by atoms with van der Waals surface area (Å²) in [5.41, 5.74) is 0.629. The van der Waals surface area contributed by atoms with Gasteiger partial charge in [0.15, 0.2) is 5.82 Å². The lowest BCUT2D eigenvalue weighted by Gasteiger charge is -2.28. The molecule has 1 N–H and O–H groups in total. The zero-order valence-electron chi connectivity index (χ0n) is 14.8. The highest BCUT2D eigenvalue weighted by molar-refractivity contribution is 7.19. The number of carbonyl (C=O) groups is 1. The summed E-state index contributed by atoms with van der Waals surface area (Å²) in [4.78, 5) is 25.1. The number of aromatic nitrogens is 2. The number of hydrogen-bond donors (Lipinski definition) is 1. The number of ether oxygens (including phenoxy) is 2. The molecular formula is C17H21ClN4O4S. The minimum atomic E-state index is -1.34. The third-order valence-corrected chi connectivity index (χ3v) is 6.05. The quantitative estimate of drug-likeness (QED) is 0.612. The number of aliphatic hydroxyl groups excluding tert-OH is 1. The van der Waals surface area contributed by atoms with E-state index < -0.39 is 12.4 Å². The second-order valence-corrected chi connectivity index (χ2v) is 7.98. The Morgan fingerprint density at radius 2 is 1.96 bits per heavy atom. The van der Waals surface area contributed by atoms with Crippen molar-refractivity contribution < 1.29 is 19.4 Å². The van der Waals surface area contributed by atoms with Crippen molar-refractivity contribution in [2.24, 2.45) is 0 Å². The van der Waals surface area contributed by atoms with E-state index in [0.29, 0.717) is 49.8 Å². The number of thiophene rings is 1. The van der Waals surface area contributed by atoms with Crippen LogP contribution in [0.25, 0.3) is 10.2 Å². The van der Waals surface area contributed by atoms with E-state index in [0.717, 1.165) is 29.8 Å². The lowest BCUT2D eigenvalue weighted by Crippen LogP contribution is -2.36. The average Bonchev–Trinajstić information content (AvgIpc) is 3.12. The highest BCUT2D eigenvalue weighted by Crippen LogP contribution is 2.36. The van der Waals surface area contributed by atoms with Gasteiger partial charge in [0.2, 0.25) is 11.6 Å². The minimum Gasteiger partial charge on any atom is -0.414 e. The van der Waals surface area contributed by atoms with Crippen molar-refractivity contribution in [2.45, 2.75) is 25.6 Å². The Labute approximate surface area is 165 Å². The van der Waals surface area contributed by atoms with Crippen LogP contribution in [0.5, 0.6) is 0 Å². The number of carbonyl (C=O) groups excluding carboxylic acids is 1. The van der Waals surface area contributed by atoms with Crippen LogP contribution in [-0.2, 0) is 9.47 Å². The molecule has 0 saturated carbocycles. The van der Waals surface area contributed by atoms with E-state index in [2.05, 4.69) is 14.9 Å². The number of amides is 1. The Morgan fingerprint density at radius 3 is 2.70 bits per heavy atom. The molecule has 0 bridgehead atoms. The first kappa shape index (κ1) is 18.7. The maximum Gasteiger partial charge on any atom is 0.412 e. The summed E-state index contributed by atoms with van der Waals surface area (Å²) in [6.45, 7) is 4.00. The molecule has 8 nitrogen and oxygen atoms in total. The molecule has 4 rings (SSSR count). The minimum absolute atomic E-state index is 0.146. The number of likely N-dealkylation sites (tertiary alicyclic amines) is 1. The van der Waals surface area contributed by atoms with Gasteiger partial charge in [-0.25, -0.2) is 9.78 Å². The summed E-state index contributed by atoms with van der Waals surface area (Å²) >= 11 is 7.40. The largest absolute Gasteiger partial charge is 0.414 e. The molecule has 2 fully saturated rings. The molecule has 2 aliphatic rings. The lowest BCUT2D eigenvalue weighted by atomic mass is 10.1. The van der Waals surface area contributed by atoms with E-state index in [1.807, 2.05) is 0 Å². The number of halogens is 1. The average molecular weight is 413 g/mol. The second-order valence-electron chi connectivity index (χ2n) is 6.56. The van der Waals surface area contributed by atoms with Gasteiger partial charge in [-0.15, -0.1) is 11.3 Å². The van der Waals surface area contributed by atoms with Crippen LogP contribution in [0.15, 0.2) is 6.07 Å². The molecule has 1 atom stereocenters. The molecule has 0 radical (unpaired) electrons. The van der Waals surface area contributed by atoms with Gasteiger partial charge in [-0.3, -0.25) is 0 Å². The first-order valence-electron chi connectivity index (χ1n) is 9.05. The Hall–Kier alpha value is -1.68. The van der Waals surface area contributed by atoms with Gasteiger partial charge in [0.1, 0.15) is 0 Å². The van der Waals surface area contributed by atoms with Crippen LogP contribution in [0.4, 0.5) is 10.6 Å². The topological polar surface area (TPSA) is 88.0 Å². The number of hydrogen-bond acceptors (Lipinski definition) is 8. The zero-order chi connectivity index (χ0) is 18.8. The summed E-state index contributed by atoms with van der Waals surface area (Å²) in [7, 11) is 0. The number of morpholine rings is 1. The van der Waals surface area contributed by atoms with Gasteiger partial charge >= 0.3 is 6.09 Å². The Kier molecular flexibility index (Phi) is 5.63. The van der Waals surface area contributed by atoms with Gasteiger partial charge < -0.3 is 24.4 Å². The molecule has 1 unspecified atom stereocenters. The first-order valence-corrected chi connectivity index (χ1v) is 10.2. The predicted molar refractivity (Wildman–Crippen MR) is 102 cm³/mol. The fraction of sp³-hybridized carbons (Fsp3) is 0.588. The Balaban J connectivity index is 1.56. The zero-order valence-corrected chi connectivity index (χ0v) is 16.3. The van der Waals surface area contributed by atoms with Crippen molar-refractivity contribution in [3.05, 3.63) is 16.2 Å². The van der Waals surface area contributed by atoms with Crippen LogP contribution >= 0.6 is 22.9 Å². The molecular weight excluding hydrogens is 392 g/mol. The van der Waals surface area contributed by atoms with Crippen LogP contribution in [0.1, 0.15) is 30.4 Å². The molecule has 0 spiro atoms. The predicted octanol–water partition coefficient (Wildman–Crippen LogP) is 2.79. The van der Waals surface area contributed by atoms with Crippen molar-refractivity contribution in [3.63, 3.8) is 0 Å². The molecule has 0 aromatic carbocycles. The fourth-order valence-corrected chi connectivity index (χ4v) is 4.52. The number of aliphatic hydroxyl groups is 1. The normalized spacial score (nSPS) is 19.3. The van der Waals surface area contributed by atoms with Crippen LogP contribution in [-0.4, -0.2) is 65.5 Å². The number of anilines is 1. The van der Waals surface area contributed by atoms with Crippen LogP contribution in [0.2, 0.25) is 5.28 Å². The monoisotopic (exact) mass is 412 g/mol. The van der Waals surface area contributed by atoms with E-state index >= 15 is 0 Å². The summed E-state index contributed by atoms with van der Waals surface area (Å²) in [5.74, 6) is 0.721. The molecule has 0 aliphatic carbocycles. The molecule has 27 heavy (non-hydrogen) atoms. The summed E-state index contributed by atoms with van der Waals surface area (Å²) < 4.78 is 11.5. The van der Waals surface area contributed by atoms with Crippen LogP contribution in [0.3, 0.4) is 0 Å². The lowest BCUT2D eigenvalue weighted by molar-refractivity contribution is -0.0658. The van der Waals surface area contributed by atoms with E-state index in [1.54, 1.807) is 11.0 Å². The molecule has 4 heterocycles. The first-order chi connectivity index (χ1) is 13.1. The number of nitrogens with zero attached hydrogens (tertiary/aromatic N) is 4. The van der Waals surface area contributed by atoms with Gasteiger partial charge in [-0.2, -0.15) is 4.98 Å². The van der Waals surface area contributed by atoms with Gasteiger partial charge in [-0.05, 0) is 36.9 Å². The highest BCUT2D eigenvalue weighted by atomic mass is 35.5. The van der Waals surface area contributed by atoms with E-state index in [9.17, 15) is 9.90 Å². The molecule has 1 amide bonds. The Bertz CT molecular complexity index is 821. The second kappa shape index (κ2) is 8.14. The third-order valence-electron chi connectivity index (χ3n) is 4.73. The van der Waals surface area contributed by atoms with Crippen molar-refractivity contribution in [3.8, 4) is 0 Å². The maximum atomic E-state index is 12.2. The number of rotatable bonds is 3. The molecule has 10 heteroatoms. The maximum absolute atomic E-state index is 12.2. The van der Waals surface area contributed by atoms with Gasteiger partial charge in [0.25, 0.3) is 0 Å². The van der Waals surface area contributed by atoms with Gasteiger partial charge in [0, 0.05) is 26.2 Å². The van der Waals surface area contributed by atoms with Crippen LogP contribution in [0, 0.1) is 0 Å². The standard InChI is InChI=1S/C17H21ClN4O4S/c18-16-19-11-10-12(15(23)26-17(24)22-4-2-1-3-5-22)27-13(11)14(20-16)21-6-8-25-9-7-21/h10,15,23H,1-9H2. The summed E-state index contributed by atoms with van der Waals surface area (Å²) in [5, 5.41) is 10.6. The molecule has 146 valence electrons. The Morgan fingerprint density at radius 1 is 1.22 bits per heavy atom. The third kappa shape index (κ3) is 4.11. The SMILES string of the molecule is O=C(OC(O)c1cc2nc(Cl)nc(N3CCOCC3)c2s1)N1CCCCC1. The summed E-state index contributed by atoms with van der Waals surface area (Å²) in [6, 6.07) is 1.70. The highest BCUT2D eigenvalue weighted by Gasteiger charge is 2.25. The van der Waals surface area contributed by atoms with Crippen molar-refractivity contribution in [2.75, 3.05) is 44.3 Å². The van der Waals surface area contributed by atoms with E-state index in [-0.39, 0.29) is 5.28 Å². The molecule has 2 saturated heterocycles. The van der Waals surface area contributed by atoms with E-state index in [4.69, 9.17) is 21.1 Å².